The van der Waals surface area contributed by atoms with Crippen LogP contribution in [-0.4, -0.2) is 55.5 Å². The minimum atomic E-state index is 0.0551. The zero-order valence-corrected chi connectivity index (χ0v) is 10.6. The molecule has 1 fully saturated rings. The van der Waals surface area contributed by atoms with Crippen molar-refractivity contribution < 1.29 is 9.84 Å². The Bertz CT molecular complexity index is 184. The quantitative estimate of drug-likeness (QED) is 0.695. The van der Waals surface area contributed by atoms with Crippen molar-refractivity contribution in [2.75, 3.05) is 33.4 Å². The summed E-state index contributed by atoms with van der Waals surface area (Å²) in [6.07, 6.45) is 3.28. The van der Waals surface area contributed by atoms with E-state index in [1.807, 2.05) is 7.05 Å². The predicted molar refractivity (Wildman–Crippen MR) is 65.3 cm³/mol. The number of ether oxygens (including phenoxy) is 1. The van der Waals surface area contributed by atoms with Crippen LogP contribution in [0.25, 0.3) is 0 Å². The number of aliphatic hydroxyl groups excluding tert-OH is 1. The molecule has 1 aliphatic heterocycles. The van der Waals surface area contributed by atoms with E-state index >= 15 is 0 Å². The van der Waals surface area contributed by atoms with E-state index in [1.54, 1.807) is 0 Å². The molecule has 0 aromatic rings. The average Bonchev–Trinajstić information content (AvgIpc) is 2.31. The van der Waals surface area contributed by atoms with E-state index in [0.717, 1.165) is 32.6 Å². The van der Waals surface area contributed by atoms with Crippen molar-refractivity contribution in [3.63, 3.8) is 0 Å². The second-order valence-corrected chi connectivity index (χ2v) is 4.84. The molecule has 4 heteroatoms. The van der Waals surface area contributed by atoms with E-state index < -0.39 is 0 Å². The molecule has 96 valence electrons. The summed E-state index contributed by atoms with van der Waals surface area (Å²) in [5, 5.41) is 9.37. The van der Waals surface area contributed by atoms with E-state index in [2.05, 4.69) is 11.8 Å². The first-order valence-corrected chi connectivity index (χ1v) is 6.33. The lowest BCUT2D eigenvalue weighted by atomic mass is 9.99. The molecule has 4 nitrogen and oxygen atoms in total. The number of hydrogen-bond acceptors (Lipinski definition) is 4. The average molecular weight is 230 g/mol. The van der Waals surface area contributed by atoms with Crippen molar-refractivity contribution in [1.29, 1.82) is 0 Å². The molecule has 1 heterocycles. The zero-order valence-electron chi connectivity index (χ0n) is 10.6. The molecule has 16 heavy (non-hydrogen) atoms. The van der Waals surface area contributed by atoms with Crippen LogP contribution >= 0.6 is 0 Å². The Labute approximate surface area is 98.8 Å². The zero-order chi connectivity index (χ0) is 12.0. The molecule has 0 bridgehead atoms. The first-order valence-electron chi connectivity index (χ1n) is 6.33. The maximum atomic E-state index is 9.37. The topological polar surface area (TPSA) is 58.7 Å². The van der Waals surface area contributed by atoms with Crippen molar-refractivity contribution in [2.45, 2.75) is 38.3 Å². The molecular formula is C12H26N2O2. The number of rotatable bonds is 6. The van der Waals surface area contributed by atoms with Crippen LogP contribution in [-0.2, 0) is 4.74 Å². The Morgan fingerprint density at radius 3 is 2.81 bits per heavy atom. The maximum Gasteiger partial charge on any atom is 0.0601 e. The molecule has 0 aromatic heterocycles. The maximum absolute atomic E-state index is 9.37. The van der Waals surface area contributed by atoms with Gasteiger partial charge >= 0.3 is 0 Å². The van der Waals surface area contributed by atoms with Gasteiger partial charge in [0.05, 0.1) is 13.2 Å². The van der Waals surface area contributed by atoms with Crippen LogP contribution in [0.5, 0.6) is 0 Å². The molecule has 3 N–H and O–H groups in total. The van der Waals surface area contributed by atoms with Gasteiger partial charge in [0.1, 0.15) is 0 Å². The first kappa shape index (κ1) is 13.9. The lowest BCUT2D eigenvalue weighted by molar-refractivity contribution is 0.0271. The third-order valence-electron chi connectivity index (χ3n) is 3.52. The van der Waals surface area contributed by atoms with Gasteiger partial charge in [-0.25, -0.2) is 0 Å². The van der Waals surface area contributed by atoms with Crippen molar-refractivity contribution in [2.24, 2.45) is 11.7 Å². The summed E-state index contributed by atoms with van der Waals surface area (Å²) >= 11 is 0. The minimum absolute atomic E-state index is 0.0551. The molecule has 3 unspecified atom stereocenters. The Morgan fingerprint density at radius 1 is 1.56 bits per heavy atom. The first-order chi connectivity index (χ1) is 7.69. The third-order valence-corrected chi connectivity index (χ3v) is 3.52. The van der Waals surface area contributed by atoms with Crippen molar-refractivity contribution in [3.8, 4) is 0 Å². The van der Waals surface area contributed by atoms with Crippen LogP contribution in [0.2, 0.25) is 0 Å². The summed E-state index contributed by atoms with van der Waals surface area (Å²) in [6, 6.07) is 0.131. The molecule has 0 amide bonds. The summed E-state index contributed by atoms with van der Waals surface area (Å²) in [5.41, 5.74) is 6.00. The van der Waals surface area contributed by atoms with Crippen LogP contribution in [0.4, 0.5) is 0 Å². The van der Waals surface area contributed by atoms with Crippen LogP contribution in [0.15, 0.2) is 0 Å². The largest absolute Gasteiger partial charge is 0.395 e. The van der Waals surface area contributed by atoms with Crippen LogP contribution < -0.4 is 5.73 Å². The van der Waals surface area contributed by atoms with Crippen LogP contribution in [0, 0.1) is 5.92 Å². The number of nitrogens with two attached hydrogens (primary N) is 1. The van der Waals surface area contributed by atoms with Gasteiger partial charge in [-0.3, -0.25) is 4.90 Å². The van der Waals surface area contributed by atoms with E-state index in [1.165, 1.54) is 6.42 Å². The standard InChI is InChI=1S/C12H26N2O2/c1-3-11(13)12(8-15)14(2)7-10-5-4-6-16-9-10/h10-12,15H,3-9,13H2,1-2H3. The summed E-state index contributed by atoms with van der Waals surface area (Å²) in [7, 11) is 2.05. The van der Waals surface area contributed by atoms with Crippen LogP contribution in [0.1, 0.15) is 26.2 Å². The fourth-order valence-electron chi connectivity index (χ4n) is 2.37. The Kier molecular flexibility index (Phi) is 6.28. The molecule has 1 rings (SSSR count). The number of hydrogen-bond donors (Lipinski definition) is 2. The van der Waals surface area contributed by atoms with Gasteiger partial charge in [0.25, 0.3) is 0 Å². The SMILES string of the molecule is CCC(N)C(CO)N(C)CC1CCCOC1. The molecule has 0 saturated carbocycles. The van der Waals surface area contributed by atoms with Gasteiger partial charge in [-0.1, -0.05) is 6.92 Å². The fourth-order valence-corrected chi connectivity index (χ4v) is 2.37. The lowest BCUT2D eigenvalue weighted by Gasteiger charge is -2.34. The highest BCUT2D eigenvalue weighted by atomic mass is 16.5. The molecule has 0 radical (unpaired) electrons. The summed E-state index contributed by atoms with van der Waals surface area (Å²) in [5.74, 6) is 0.594. The van der Waals surface area contributed by atoms with Gasteiger partial charge in [0.15, 0.2) is 0 Å². The molecule has 1 saturated heterocycles. The second kappa shape index (κ2) is 7.22. The third kappa shape index (κ3) is 4.01. The molecule has 0 spiro atoms. The van der Waals surface area contributed by atoms with Gasteiger partial charge in [0, 0.05) is 25.2 Å². The second-order valence-electron chi connectivity index (χ2n) is 4.84. The number of likely N-dealkylation sites (N-methyl/N-ethyl adjacent to an activating group) is 1. The van der Waals surface area contributed by atoms with Gasteiger partial charge in [-0.15, -0.1) is 0 Å². The summed E-state index contributed by atoms with van der Waals surface area (Å²) in [6.45, 7) is 4.92. The summed E-state index contributed by atoms with van der Waals surface area (Å²) in [4.78, 5) is 2.19. The van der Waals surface area contributed by atoms with E-state index in [0.29, 0.717) is 5.92 Å². The van der Waals surface area contributed by atoms with Crippen molar-refractivity contribution >= 4 is 0 Å². The highest BCUT2D eigenvalue weighted by Gasteiger charge is 2.23. The van der Waals surface area contributed by atoms with Crippen molar-refractivity contribution in [1.82, 2.24) is 4.90 Å². The van der Waals surface area contributed by atoms with Gasteiger partial charge in [0.2, 0.25) is 0 Å². The normalized spacial score (nSPS) is 25.7. The number of aliphatic hydroxyl groups is 1. The molecule has 0 aromatic carbocycles. The molecule has 0 aliphatic carbocycles. The highest BCUT2D eigenvalue weighted by Crippen LogP contribution is 2.16. The van der Waals surface area contributed by atoms with E-state index in [9.17, 15) is 5.11 Å². The predicted octanol–water partition coefficient (Wildman–Crippen LogP) is 0.443. The van der Waals surface area contributed by atoms with E-state index in [-0.39, 0.29) is 18.7 Å². The van der Waals surface area contributed by atoms with Gasteiger partial charge in [-0.05, 0) is 32.2 Å². The molecule has 3 atom stereocenters. The lowest BCUT2D eigenvalue weighted by Crippen LogP contribution is -2.50. The van der Waals surface area contributed by atoms with Crippen molar-refractivity contribution in [3.05, 3.63) is 0 Å². The molecule has 1 aliphatic rings. The Hall–Kier alpha value is -0.160. The molecular weight excluding hydrogens is 204 g/mol. The van der Waals surface area contributed by atoms with Crippen LogP contribution in [0.3, 0.4) is 0 Å². The highest BCUT2D eigenvalue weighted by molar-refractivity contribution is 4.80. The smallest absolute Gasteiger partial charge is 0.0601 e. The minimum Gasteiger partial charge on any atom is -0.395 e. The monoisotopic (exact) mass is 230 g/mol. The Morgan fingerprint density at radius 2 is 2.31 bits per heavy atom. The van der Waals surface area contributed by atoms with Gasteiger partial charge in [-0.2, -0.15) is 0 Å². The Balaban J connectivity index is 2.38. The number of nitrogens with zero attached hydrogens (tertiary/aromatic N) is 1. The van der Waals surface area contributed by atoms with E-state index in [4.69, 9.17) is 10.5 Å². The van der Waals surface area contributed by atoms with Gasteiger partial charge < -0.3 is 15.6 Å². The summed E-state index contributed by atoms with van der Waals surface area (Å²) < 4.78 is 5.46. The fraction of sp³-hybridized carbons (Fsp3) is 1.00.